The molecule has 0 saturated carbocycles. The van der Waals surface area contributed by atoms with Gasteiger partial charge in [-0.15, -0.1) is 0 Å². The molecule has 3 aromatic heterocycles. The molecular weight excluding hydrogens is 631 g/mol. The standard InChI is InChI=1S/C49H29N3/c1-2-11-33(12-3-1)51-45-23-20-32(29-41(45)47-34-13-5-4-10-30(34)18-24-46(47)51)31-19-22-44-40(28-31)36-15-8-9-17-42(36)52(44)43-25-21-37-35-14-6-7-16-38(35)49-48(37)39(43)26-27-50-49/h1-29H. The number of rotatable bonds is 3. The SMILES string of the molecule is c1ccc(-n2c3ccc(-c4ccc5c(c4)c4ccccc4n5-c4ccc5c6c(nccc46)-c4ccccc4-5)cc3c3c4ccccc4ccc32)cc1. The predicted molar refractivity (Wildman–Crippen MR) is 218 cm³/mol. The smallest absolute Gasteiger partial charge is 0.0793 e. The minimum atomic E-state index is 1.07. The first-order valence-electron chi connectivity index (χ1n) is 17.9. The number of pyridine rings is 1. The Balaban J connectivity index is 1.09. The van der Waals surface area contributed by atoms with Crippen molar-refractivity contribution in [3.8, 4) is 44.9 Å². The first-order chi connectivity index (χ1) is 25.8. The van der Waals surface area contributed by atoms with Crippen LogP contribution in [0.4, 0.5) is 0 Å². The van der Waals surface area contributed by atoms with Gasteiger partial charge >= 0.3 is 0 Å². The van der Waals surface area contributed by atoms with Crippen molar-refractivity contribution in [2.75, 3.05) is 0 Å². The minimum absolute atomic E-state index is 1.07. The van der Waals surface area contributed by atoms with E-state index < -0.39 is 0 Å². The topological polar surface area (TPSA) is 22.8 Å². The average Bonchev–Trinajstić information content (AvgIpc) is 3.85. The van der Waals surface area contributed by atoms with Crippen LogP contribution in [-0.2, 0) is 0 Å². The molecule has 3 heteroatoms. The van der Waals surface area contributed by atoms with Gasteiger partial charge in [0.1, 0.15) is 0 Å². The lowest BCUT2D eigenvalue weighted by Crippen LogP contribution is -1.96. The Kier molecular flexibility index (Phi) is 5.50. The Morgan fingerprint density at radius 1 is 0.365 bits per heavy atom. The Morgan fingerprint density at radius 3 is 1.90 bits per heavy atom. The Morgan fingerprint density at radius 2 is 1.04 bits per heavy atom. The van der Waals surface area contributed by atoms with Gasteiger partial charge in [-0.05, 0) is 93.7 Å². The van der Waals surface area contributed by atoms with Gasteiger partial charge < -0.3 is 9.13 Å². The number of hydrogen-bond acceptors (Lipinski definition) is 1. The molecule has 0 saturated heterocycles. The third-order valence-corrected chi connectivity index (χ3v) is 11.3. The lowest BCUT2D eigenvalue weighted by molar-refractivity contribution is 1.18. The second-order valence-electron chi connectivity index (χ2n) is 13.9. The molecule has 3 heterocycles. The summed E-state index contributed by atoms with van der Waals surface area (Å²) >= 11 is 0. The van der Waals surface area contributed by atoms with Gasteiger partial charge in [-0.1, -0.05) is 109 Å². The van der Waals surface area contributed by atoms with E-state index in [0.29, 0.717) is 0 Å². The summed E-state index contributed by atoms with van der Waals surface area (Å²) < 4.78 is 4.85. The van der Waals surface area contributed by atoms with Crippen LogP contribution in [0.1, 0.15) is 0 Å². The quantitative estimate of drug-likeness (QED) is 0.185. The fourth-order valence-electron chi connectivity index (χ4n) is 9.07. The molecule has 0 atom stereocenters. The molecule has 0 spiro atoms. The molecule has 240 valence electrons. The molecule has 0 bridgehead atoms. The van der Waals surface area contributed by atoms with Gasteiger partial charge in [0.15, 0.2) is 0 Å². The molecule has 1 aliphatic carbocycles. The van der Waals surface area contributed by atoms with Crippen LogP contribution in [-0.4, -0.2) is 14.1 Å². The Hall–Kier alpha value is -6.97. The van der Waals surface area contributed by atoms with E-state index in [1.54, 1.807) is 0 Å². The fourth-order valence-corrected chi connectivity index (χ4v) is 9.07. The highest BCUT2D eigenvalue weighted by Gasteiger charge is 2.25. The van der Waals surface area contributed by atoms with Gasteiger partial charge in [0.2, 0.25) is 0 Å². The highest BCUT2D eigenvalue weighted by Crippen LogP contribution is 2.48. The highest BCUT2D eigenvalue weighted by molar-refractivity contribution is 6.22. The molecule has 0 unspecified atom stereocenters. The zero-order chi connectivity index (χ0) is 33.9. The summed E-state index contributed by atoms with van der Waals surface area (Å²) in [5.74, 6) is 0. The van der Waals surface area contributed by atoms with Gasteiger partial charge in [0.05, 0.1) is 33.4 Å². The summed E-state index contributed by atoms with van der Waals surface area (Å²) in [7, 11) is 0. The maximum atomic E-state index is 4.88. The summed E-state index contributed by atoms with van der Waals surface area (Å²) in [5, 5.41) is 10.0. The zero-order valence-electron chi connectivity index (χ0n) is 28.1. The van der Waals surface area contributed by atoms with Crippen molar-refractivity contribution in [2.24, 2.45) is 0 Å². The van der Waals surface area contributed by atoms with Crippen molar-refractivity contribution < 1.29 is 0 Å². The van der Waals surface area contributed by atoms with Crippen LogP contribution in [0.15, 0.2) is 176 Å². The largest absolute Gasteiger partial charge is 0.309 e. The summed E-state index contributed by atoms with van der Waals surface area (Å²) in [5.41, 5.74) is 14.4. The zero-order valence-corrected chi connectivity index (χ0v) is 28.1. The van der Waals surface area contributed by atoms with Crippen molar-refractivity contribution in [1.29, 1.82) is 0 Å². The molecule has 0 amide bonds. The van der Waals surface area contributed by atoms with Crippen LogP contribution in [0.3, 0.4) is 0 Å². The third kappa shape index (κ3) is 3.66. The monoisotopic (exact) mass is 659 g/mol. The average molecular weight is 660 g/mol. The molecular formula is C49H29N3. The van der Waals surface area contributed by atoms with Crippen LogP contribution in [0.25, 0.3) is 110 Å². The molecule has 3 nitrogen and oxygen atoms in total. The second kappa shape index (κ2) is 10.3. The van der Waals surface area contributed by atoms with E-state index in [4.69, 9.17) is 4.98 Å². The maximum absolute atomic E-state index is 4.88. The second-order valence-corrected chi connectivity index (χ2v) is 13.9. The van der Waals surface area contributed by atoms with Gasteiger partial charge in [-0.25, -0.2) is 0 Å². The lowest BCUT2D eigenvalue weighted by atomic mass is 9.99. The van der Waals surface area contributed by atoms with Crippen LogP contribution < -0.4 is 0 Å². The van der Waals surface area contributed by atoms with Crippen LogP contribution in [0.5, 0.6) is 0 Å². The first-order valence-corrected chi connectivity index (χ1v) is 17.9. The fraction of sp³-hybridized carbons (Fsp3) is 0. The van der Waals surface area contributed by atoms with Crippen LogP contribution in [0.2, 0.25) is 0 Å². The van der Waals surface area contributed by atoms with Crippen molar-refractivity contribution in [1.82, 2.24) is 14.1 Å². The van der Waals surface area contributed by atoms with Crippen molar-refractivity contribution in [2.45, 2.75) is 0 Å². The van der Waals surface area contributed by atoms with Gasteiger partial charge in [-0.2, -0.15) is 0 Å². The molecule has 12 rings (SSSR count). The van der Waals surface area contributed by atoms with Crippen molar-refractivity contribution in [3.63, 3.8) is 0 Å². The third-order valence-electron chi connectivity index (χ3n) is 11.3. The molecule has 0 fully saturated rings. The molecule has 8 aromatic carbocycles. The highest BCUT2D eigenvalue weighted by atomic mass is 15.0. The van der Waals surface area contributed by atoms with E-state index in [1.807, 2.05) is 6.20 Å². The summed E-state index contributed by atoms with van der Waals surface area (Å²) in [6.07, 6.45) is 1.97. The van der Waals surface area contributed by atoms with E-state index in [9.17, 15) is 0 Å². The van der Waals surface area contributed by atoms with Crippen molar-refractivity contribution in [3.05, 3.63) is 176 Å². The molecule has 11 aromatic rings. The van der Waals surface area contributed by atoms with Gasteiger partial charge in [0.25, 0.3) is 0 Å². The van der Waals surface area contributed by atoms with E-state index >= 15 is 0 Å². The minimum Gasteiger partial charge on any atom is -0.309 e. The lowest BCUT2D eigenvalue weighted by Gasteiger charge is -2.13. The van der Waals surface area contributed by atoms with Crippen LogP contribution in [0, 0.1) is 0 Å². The predicted octanol–water partition coefficient (Wildman–Crippen LogP) is 12.9. The van der Waals surface area contributed by atoms with E-state index in [1.165, 1.54) is 104 Å². The molecule has 52 heavy (non-hydrogen) atoms. The number of fused-ring (bicyclic) bond motifs is 11. The normalized spacial score (nSPS) is 12.2. The van der Waals surface area contributed by atoms with E-state index in [0.717, 1.165) is 5.69 Å². The maximum Gasteiger partial charge on any atom is 0.0793 e. The first kappa shape index (κ1) is 27.8. The number of para-hydroxylation sites is 2. The summed E-state index contributed by atoms with van der Waals surface area (Å²) in [6, 6.07) is 62.2. The Labute approximate surface area is 299 Å². The van der Waals surface area contributed by atoms with E-state index in [-0.39, 0.29) is 0 Å². The van der Waals surface area contributed by atoms with Gasteiger partial charge in [0, 0.05) is 49.8 Å². The Bertz CT molecular complexity index is 3260. The van der Waals surface area contributed by atoms with Gasteiger partial charge in [-0.3, -0.25) is 4.98 Å². The summed E-state index contributed by atoms with van der Waals surface area (Å²) in [6.45, 7) is 0. The molecule has 1 aliphatic rings. The number of nitrogens with zero attached hydrogens (tertiary/aromatic N) is 3. The summed E-state index contributed by atoms with van der Waals surface area (Å²) in [4.78, 5) is 4.88. The molecule has 0 aliphatic heterocycles. The van der Waals surface area contributed by atoms with Crippen molar-refractivity contribution >= 4 is 65.2 Å². The van der Waals surface area contributed by atoms with E-state index in [2.05, 4.69) is 179 Å². The van der Waals surface area contributed by atoms with Crippen LogP contribution >= 0.6 is 0 Å². The molecule has 0 N–H and O–H groups in total. The number of benzene rings is 8. The molecule has 0 radical (unpaired) electrons. The number of aromatic nitrogens is 3. The number of hydrogen-bond donors (Lipinski definition) is 0.